The molecule has 0 bridgehead atoms. The van der Waals surface area contributed by atoms with Gasteiger partial charge >= 0.3 is 0 Å². The molecule has 0 spiro atoms. The number of phenolic OH excluding ortho intramolecular Hbond substituents is 1. The monoisotopic (exact) mass is 287 g/mol. The van der Waals surface area contributed by atoms with E-state index in [1.807, 2.05) is 13.8 Å². The topological polar surface area (TPSA) is 49.3 Å². The van der Waals surface area contributed by atoms with Crippen LogP contribution in [0, 0.1) is 19.7 Å². The Morgan fingerprint density at radius 3 is 2.67 bits per heavy atom. The van der Waals surface area contributed by atoms with Crippen molar-refractivity contribution in [2.24, 2.45) is 0 Å². The maximum atomic E-state index is 13.0. The number of carbonyl (C=O) groups excluding carboxylic acids is 1. The first kappa shape index (κ1) is 15.0. The molecule has 0 aliphatic carbocycles. The van der Waals surface area contributed by atoms with Gasteiger partial charge in [0.25, 0.3) is 5.91 Å². The summed E-state index contributed by atoms with van der Waals surface area (Å²) in [5.74, 6) is -0.600. The average Bonchev–Trinajstić information content (AvgIpc) is 2.43. The van der Waals surface area contributed by atoms with E-state index in [2.05, 4.69) is 5.32 Å². The van der Waals surface area contributed by atoms with Crippen molar-refractivity contribution in [3.8, 4) is 5.75 Å². The standard InChI is InChI=1S/C17H18FNO2/c1-11-3-6-16(20)15(9-11)17(21)19-8-7-13-4-5-14(18)10-12(13)2/h3-6,9-10,20H,7-8H2,1-2H3,(H,19,21). The Morgan fingerprint density at radius 2 is 1.95 bits per heavy atom. The van der Waals surface area contributed by atoms with Crippen molar-refractivity contribution in [2.75, 3.05) is 6.54 Å². The summed E-state index contributed by atoms with van der Waals surface area (Å²) in [7, 11) is 0. The third-order valence-corrected chi connectivity index (χ3v) is 3.38. The number of rotatable bonds is 4. The van der Waals surface area contributed by atoms with E-state index in [0.717, 1.165) is 16.7 Å². The summed E-state index contributed by atoms with van der Waals surface area (Å²) in [6, 6.07) is 9.51. The van der Waals surface area contributed by atoms with E-state index in [-0.39, 0.29) is 23.0 Å². The fourth-order valence-corrected chi connectivity index (χ4v) is 2.18. The van der Waals surface area contributed by atoms with E-state index in [1.165, 1.54) is 18.2 Å². The Hall–Kier alpha value is -2.36. The first-order valence-electron chi connectivity index (χ1n) is 6.80. The third kappa shape index (κ3) is 3.81. The van der Waals surface area contributed by atoms with Gasteiger partial charge in [0.05, 0.1) is 5.56 Å². The first-order chi connectivity index (χ1) is 9.97. The molecule has 4 heteroatoms. The van der Waals surface area contributed by atoms with E-state index < -0.39 is 0 Å². The van der Waals surface area contributed by atoms with Gasteiger partial charge in [-0.3, -0.25) is 4.79 Å². The molecule has 0 radical (unpaired) electrons. The zero-order valence-electron chi connectivity index (χ0n) is 12.1. The highest BCUT2D eigenvalue weighted by Gasteiger charge is 2.10. The largest absolute Gasteiger partial charge is 0.507 e. The second-order valence-corrected chi connectivity index (χ2v) is 5.10. The number of nitrogens with one attached hydrogen (secondary N) is 1. The van der Waals surface area contributed by atoms with Gasteiger partial charge in [-0.25, -0.2) is 4.39 Å². The quantitative estimate of drug-likeness (QED) is 0.907. The van der Waals surface area contributed by atoms with Crippen molar-refractivity contribution >= 4 is 5.91 Å². The highest BCUT2D eigenvalue weighted by Crippen LogP contribution is 2.18. The Bertz CT molecular complexity index is 668. The van der Waals surface area contributed by atoms with E-state index in [1.54, 1.807) is 18.2 Å². The van der Waals surface area contributed by atoms with Crippen LogP contribution >= 0.6 is 0 Å². The van der Waals surface area contributed by atoms with E-state index in [9.17, 15) is 14.3 Å². The minimum atomic E-state index is -0.309. The molecule has 2 aromatic carbocycles. The van der Waals surface area contributed by atoms with Gasteiger partial charge in [0, 0.05) is 6.54 Å². The average molecular weight is 287 g/mol. The van der Waals surface area contributed by atoms with Gasteiger partial charge in [0.2, 0.25) is 0 Å². The molecular formula is C17H18FNO2. The van der Waals surface area contributed by atoms with Crippen LogP contribution in [0.25, 0.3) is 0 Å². The van der Waals surface area contributed by atoms with Crippen molar-refractivity contribution < 1.29 is 14.3 Å². The lowest BCUT2D eigenvalue weighted by molar-refractivity contribution is 0.0951. The number of aryl methyl sites for hydroxylation is 2. The molecule has 0 aliphatic rings. The molecular weight excluding hydrogens is 269 g/mol. The van der Waals surface area contributed by atoms with Gasteiger partial charge in [-0.2, -0.15) is 0 Å². The van der Waals surface area contributed by atoms with E-state index >= 15 is 0 Å². The molecule has 2 aromatic rings. The van der Waals surface area contributed by atoms with Crippen LogP contribution in [0.15, 0.2) is 36.4 Å². The lowest BCUT2D eigenvalue weighted by atomic mass is 10.1. The normalized spacial score (nSPS) is 10.4. The molecule has 0 fully saturated rings. The molecule has 21 heavy (non-hydrogen) atoms. The number of benzene rings is 2. The number of halogens is 1. The smallest absolute Gasteiger partial charge is 0.255 e. The van der Waals surface area contributed by atoms with Gasteiger partial charge in [-0.15, -0.1) is 0 Å². The van der Waals surface area contributed by atoms with Crippen LogP contribution in [0.1, 0.15) is 27.0 Å². The summed E-state index contributed by atoms with van der Waals surface area (Å²) in [5, 5.41) is 12.5. The third-order valence-electron chi connectivity index (χ3n) is 3.38. The fraction of sp³-hybridized carbons (Fsp3) is 0.235. The summed E-state index contributed by atoms with van der Waals surface area (Å²) >= 11 is 0. The second kappa shape index (κ2) is 6.39. The van der Waals surface area contributed by atoms with Gasteiger partial charge in [0.1, 0.15) is 11.6 Å². The Morgan fingerprint density at radius 1 is 1.19 bits per heavy atom. The van der Waals surface area contributed by atoms with Crippen LogP contribution in [0.5, 0.6) is 5.75 Å². The zero-order valence-corrected chi connectivity index (χ0v) is 12.1. The molecule has 3 nitrogen and oxygen atoms in total. The van der Waals surface area contributed by atoms with Crippen molar-refractivity contribution in [3.63, 3.8) is 0 Å². The number of aromatic hydroxyl groups is 1. The number of hydrogen-bond acceptors (Lipinski definition) is 2. The molecule has 1 amide bonds. The summed E-state index contributed by atoms with van der Waals surface area (Å²) in [6.07, 6.45) is 0.616. The number of phenols is 1. The molecule has 2 N–H and O–H groups in total. The molecule has 0 saturated carbocycles. The second-order valence-electron chi connectivity index (χ2n) is 5.10. The van der Waals surface area contributed by atoms with Crippen molar-refractivity contribution in [3.05, 3.63) is 64.5 Å². The number of carbonyl (C=O) groups is 1. The van der Waals surface area contributed by atoms with Gasteiger partial charge in [0.15, 0.2) is 0 Å². The fourth-order valence-electron chi connectivity index (χ4n) is 2.18. The van der Waals surface area contributed by atoms with Crippen LogP contribution in [0.3, 0.4) is 0 Å². The van der Waals surface area contributed by atoms with Gasteiger partial charge in [-0.05, 0) is 55.7 Å². The molecule has 0 unspecified atom stereocenters. The minimum absolute atomic E-state index is 0.0314. The maximum Gasteiger partial charge on any atom is 0.255 e. The van der Waals surface area contributed by atoms with Gasteiger partial charge in [-0.1, -0.05) is 17.7 Å². The van der Waals surface area contributed by atoms with E-state index in [0.29, 0.717) is 13.0 Å². The SMILES string of the molecule is Cc1ccc(O)c(C(=O)NCCc2ccc(F)cc2C)c1. The summed E-state index contributed by atoms with van der Waals surface area (Å²) in [6.45, 7) is 4.13. The Balaban J connectivity index is 1.97. The summed E-state index contributed by atoms with van der Waals surface area (Å²) in [5.41, 5.74) is 3.03. The minimum Gasteiger partial charge on any atom is -0.507 e. The number of amides is 1. The van der Waals surface area contributed by atoms with Crippen molar-refractivity contribution in [1.29, 1.82) is 0 Å². The van der Waals surface area contributed by atoms with Crippen molar-refractivity contribution in [1.82, 2.24) is 5.32 Å². The van der Waals surface area contributed by atoms with E-state index in [4.69, 9.17) is 0 Å². The molecule has 110 valence electrons. The summed E-state index contributed by atoms with van der Waals surface area (Å²) < 4.78 is 13.0. The predicted molar refractivity (Wildman–Crippen MR) is 80.0 cm³/mol. The van der Waals surface area contributed by atoms with Gasteiger partial charge < -0.3 is 10.4 Å². The van der Waals surface area contributed by atoms with Crippen LogP contribution < -0.4 is 5.32 Å². The molecule has 0 aromatic heterocycles. The molecule has 0 heterocycles. The van der Waals surface area contributed by atoms with Crippen LogP contribution in [-0.4, -0.2) is 17.6 Å². The number of hydrogen-bond donors (Lipinski definition) is 2. The lowest BCUT2D eigenvalue weighted by Gasteiger charge is -2.09. The Labute approximate surface area is 123 Å². The van der Waals surface area contributed by atoms with Crippen LogP contribution in [0.4, 0.5) is 4.39 Å². The molecule has 0 saturated heterocycles. The first-order valence-corrected chi connectivity index (χ1v) is 6.80. The molecule has 0 aliphatic heterocycles. The zero-order chi connectivity index (χ0) is 15.4. The predicted octanol–water partition coefficient (Wildman–Crippen LogP) is 3.12. The Kier molecular flexibility index (Phi) is 4.58. The van der Waals surface area contributed by atoms with Crippen LogP contribution in [0.2, 0.25) is 0 Å². The van der Waals surface area contributed by atoms with Crippen LogP contribution in [-0.2, 0) is 6.42 Å². The molecule has 0 atom stereocenters. The highest BCUT2D eigenvalue weighted by molar-refractivity contribution is 5.96. The van der Waals surface area contributed by atoms with Crippen molar-refractivity contribution in [2.45, 2.75) is 20.3 Å². The lowest BCUT2D eigenvalue weighted by Crippen LogP contribution is -2.26. The maximum absolute atomic E-state index is 13.0. The highest BCUT2D eigenvalue weighted by atomic mass is 19.1. The summed E-state index contributed by atoms with van der Waals surface area (Å²) in [4.78, 5) is 12.0. The molecule has 2 rings (SSSR count).